The van der Waals surface area contributed by atoms with Crippen LogP contribution in [0, 0.1) is 0 Å². The summed E-state index contributed by atoms with van der Waals surface area (Å²) >= 11 is 12.6. The second-order valence-electron chi connectivity index (χ2n) is 6.45. The zero-order chi connectivity index (χ0) is 20.5. The van der Waals surface area contributed by atoms with Crippen LogP contribution in [-0.2, 0) is 6.61 Å². The van der Waals surface area contributed by atoms with Gasteiger partial charge in [0.05, 0.1) is 16.7 Å². The summed E-state index contributed by atoms with van der Waals surface area (Å²) in [6.45, 7) is 3.78. The molecular formula is C23H16Cl2O4. The van der Waals surface area contributed by atoms with Crippen LogP contribution in [-0.4, -0.2) is 11.7 Å². The quantitative estimate of drug-likeness (QED) is 0.317. The second kappa shape index (κ2) is 7.91. The van der Waals surface area contributed by atoms with Gasteiger partial charge in [0.25, 0.3) is 0 Å². The van der Waals surface area contributed by atoms with Gasteiger partial charge in [-0.25, -0.2) is 0 Å². The van der Waals surface area contributed by atoms with Crippen LogP contribution in [0.5, 0.6) is 5.75 Å². The number of halogens is 2. The van der Waals surface area contributed by atoms with Crippen molar-refractivity contribution in [2.75, 3.05) is 6.61 Å². The summed E-state index contributed by atoms with van der Waals surface area (Å²) in [4.78, 5) is 12.1. The summed E-state index contributed by atoms with van der Waals surface area (Å²) in [5, 5.41) is 11.1. The lowest BCUT2D eigenvalue weighted by Gasteiger charge is -2.18. The van der Waals surface area contributed by atoms with Crippen molar-refractivity contribution in [2.45, 2.75) is 6.61 Å². The van der Waals surface area contributed by atoms with E-state index >= 15 is 0 Å². The van der Waals surface area contributed by atoms with Gasteiger partial charge in [0, 0.05) is 28.6 Å². The molecule has 0 saturated carbocycles. The minimum absolute atomic E-state index is 0.0896. The first kappa shape index (κ1) is 19.5. The van der Waals surface area contributed by atoms with E-state index in [2.05, 4.69) is 6.58 Å². The molecule has 0 saturated heterocycles. The molecule has 0 spiro atoms. The van der Waals surface area contributed by atoms with Crippen molar-refractivity contribution in [3.63, 3.8) is 0 Å². The number of fused-ring (bicyclic) bond motifs is 2. The maximum atomic E-state index is 12.1. The average Bonchev–Trinajstić information content (AvgIpc) is 2.72. The third-order valence-electron chi connectivity index (χ3n) is 4.64. The monoisotopic (exact) mass is 426 g/mol. The first-order valence-corrected chi connectivity index (χ1v) is 9.61. The normalized spacial score (nSPS) is 11.1. The van der Waals surface area contributed by atoms with Crippen molar-refractivity contribution in [2.24, 2.45) is 0 Å². The highest BCUT2D eigenvalue weighted by molar-refractivity contribution is 6.33. The molecule has 0 unspecified atom stereocenters. The van der Waals surface area contributed by atoms with E-state index < -0.39 is 0 Å². The Morgan fingerprint density at radius 1 is 1.07 bits per heavy atom. The van der Waals surface area contributed by atoms with Crippen LogP contribution >= 0.6 is 23.2 Å². The first-order valence-electron chi connectivity index (χ1n) is 8.86. The van der Waals surface area contributed by atoms with Crippen molar-refractivity contribution in [1.29, 1.82) is 0 Å². The summed E-state index contributed by atoms with van der Waals surface area (Å²) in [6, 6.07) is 13.8. The topological polar surface area (TPSA) is 59.7 Å². The zero-order valence-electron chi connectivity index (χ0n) is 15.2. The Morgan fingerprint density at radius 3 is 2.62 bits per heavy atom. The molecule has 2 aromatic carbocycles. The standard InChI is InChI=1S/C23H16Cl2O4/c1-2-7-28-22-11-21-16(9-18(22)25)23(14-6-4-3-5-13(14)12-26)15-8-17(24)19(27)10-20(15)29-21/h2-6,8-11,26H,1,7,12H2. The lowest BCUT2D eigenvalue weighted by atomic mass is 9.91. The molecule has 1 aliphatic heterocycles. The maximum absolute atomic E-state index is 12.1. The molecule has 146 valence electrons. The molecule has 0 bridgehead atoms. The van der Waals surface area contributed by atoms with Gasteiger partial charge in [-0.1, -0.05) is 60.1 Å². The van der Waals surface area contributed by atoms with Gasteiger partial charge in [-0.15, -0.1) is 0 Å². The van der Waals surface area contributed by atoms with E-state index in [0.717, 1.165) is 16.7 Å². The summed E-state index contributed by atoms with van der Waals surface area (Å²) < 4.78 is 11.6. The molecule has 29 heavy (non-hydrogen) atoms. The summed E-state index contributed by atoms with van der Waals surface area (Å²) in [6.07, 6.45) is 1.62. The molecule has 1 heterocycles. The fourth-order valence-corrected chi connectivity index (χ4v) is 3.73. The molecule has 0 aromatic heterocycles. The SMILES string of the molecule is C=CCOc1cc2oc3cc(=O)c(Cl)cc-3c(-c3ccccc3CO)c2cc1Cl. The third kappa shape index (κ3) is 3.51. The minimum atomic E-state index is -0.333. The zero-order valence-corrected chi connectivity index (χ0v) is 16.8. The molecule has 2 aromatic rings. The van der Waals surface area contributed by atoms with Crippen molar-refractivity contribution >= 4 is 34.2 Å². The van der Waals surface area contributed by atoms with Gasteiger partial charge in [-0.2, -0.15) is 0 Å². The highest BCUT2D eigenvalue weighted by Crippen LogP contribution is 2.44. The Kier molecular flexibility index (Phi) is 5.33. The number of rotatable bonds is 5. The van der Waals surface area contributed by atoms with E-state index in [1.165, 1.54) is 6.07 Å². The Labute approximate surface area is 176 Å². The molecular weight excluding hydrogens is 411 g/mol. The molecule has 0 fully saturated rings. The van der Waals surface area contributed by atoms with Crippen LogP contribution in [0.25, 0.3) is 33.4 Å². The highest BCUT2D eigenvalue weighted by Gasteiger charge is 2.22. The van der Waals surface area contributed by atoms with E-state index in [4.69, 9.17) is 32.4 Å². The van der Waals surface area contributed by atoms with Crippen LogP contribution in [0.15, 0.2) is 70.4 Å². The predicted molar refractivity (Wildman–Crippen MR) is 116 cm³/mol. The minimum Gasteiger partial charge on any atom is -0.488 e. The van der Waals surface area contributed by atoms with Crippen LogP contribution in [0.4, 0.5) is 0 Å². The fourth-order valence-electron chi connectivity index (χ4n) is 3.34. The number of ether oxygens (including phenoxy) is 1. The van der Waals surface area contributed by atoms with Crippen LogP contribution in [0.1, 0.15) is 5.56 Å². The van der Waals surface area contributed by atoms with Gasteiger partial charge in [0.1, 0.15) is 23.7 Å². The van der Waals surface area contributed by atoms with Crippen molar-refractivity contribution in [1.82, 2.24) is 0 Å². The molecule has 4 rings (SSSR count). The van der Waals surface area contributed by atoms with E-state index in [1.54, 1.807) is 24.3 Å². The van der Waals surface area contributed by atoms with Crippen LogP contribution in [0.2, 0.25) is 10.0 Å². The molecule has 1 aliphatic carbocycles. The number of aliphatic hydroxyl groups excluding tert-OH is 1. The Bertz CT molecular complexity index is 1260. The summed E-state index contributed by atoms with van der Waals surface area (Å²) in [5.41, 5.74) is 3.10. The van der Waals surface area contributed by atoms with E-state index in [0.29, 0.717) is 39.7 Å². The molecule has 0 amide bonds. The molecule has 0 radical (unpaired) electrons. The summed E-state index contributed by atoms with van der Waals surface area (Å²) in [7, 11) is 0. The third-order valence-corrected chi connectivity index (χ3v) is 5.23. The first-order chi connectivity index (χ1) is 14.0. The van der Waals surface area contributed by atoms with E-state index in [1.807, 2.05) is 24.3 Å². The van der Waals surface area contributed by atoms with Gasteiger partial charge in [0.15, 0.2) is 0 Å². The number of hydrogen-bond donors (Lipinski definition) is 1. The van der Waals surface area contributed by atoms with Gasteiger partial charge in [0.2, 0.25) is 5.43 Å². The predicted octanol–water partition coefficient (Wildman–Crippen LogP) is 5.93. The van der Waals surface area contributed by atoms with Gasteiger partial charge < -0.3 is 14.3 Å². The molecule has 6 heteroatoms. The number of aliphatic hydroxyl groups is 1. The Balaban J connectivity index is 2.14. The Hall–Kier alpha value is -2.79. The maximum Gasteiger partial charge on any atom is 0.200 e. The van der Waals surface area contributed by atoms with Crippen molar-refractivity contribution < 1.29 is 14.3 Å². The van der Waals surface area contributed by atoms with Gasteiger partial charge in [-0.05, 0) is 23.3 Å². The van der Waals surface area contributed by atoms with Crippen molar-refractivity contribution in [3.8, 4) is 28.2 Å². The van der Waals surface area contributed by atoms with Gasteiger partial charge >= 0.3 is 0 Å². The molecule has 1 N–H and O–H groups in total. The van der Waals surface area contributed by atoms with Crippen molar-refractivity contribution in [3.05, 3.63) is 87.0 Å². The number of hydrogen-bond acceptors (Lipinski definition) is 4. The lowest BCUT2D eigenvalue weighted by Crippen LogP contribution is -2.03. The lowest BCUT2D eigenvalue weighted by molar-refractivity contribution is 0.282. The smallest absolute Gasteiger partial charge is 0.200 e. The van der Waals surface area contributed by atoms with Gasteiger partial charge in [-0.3, -0.25) is 4.79 Å². The van der Waals surface area contributed by atoms with E-state index in [9.17, 15) is 9.90 Å². The molecule has 0 atom stereocenters. The second-order valence-corrected chi connectivity index (χ2v) is 7.26. The van der Waals surface area contributed by atoms with E-state index in [-0.39, 0.29) is 17.1 Å². The summed E-state index contributed by atoms with van der Waals surface area (Å²) in [5.74, 6) is 0.825. The van der Waals surface area contributed by atoms with Crippen LogP contribution in [0.3, 0.4) is 0 Å². The number of benzene rings is 3. The van der Waals surface area contributed by atoms with Crippen LogP contribution < -0.4 is 10.2 Å². The molecule has 4 nitrogen and oxygen atoms in total. The largest absolute Gasteiger partial charge is 0.488 e. The fraction of sp³-hybridized carbons (Fsp3) is 0.0870. The molecule has 2 aliphatic rings. The average molecular weight is 427 g/mol. The highest BCUT2D eigenvalue weighted by atomic mass is 35.5. The Morgan fingerprint density at radius 2 is 1.86 bits per heavy atom.